The lowest BCUT2D eigenvalue weighted by Crippen LogP contribution is -2.40. The number of nitrogens with one attached hydrogen (secondary N) is 1. The summed E-state index contributed by atoms with van der Waals surface area (Å²) in [6.07, 6.45) is 3.00. The number of fused-ring (bicyclic) bond motifs is 1. The fraction of sp³-hybridized carbons (Fsp3) is 0.308. The summed E-state index contributed by atoms with van der Waals surface area (Å²) in [6, 6.07) is 13.8. The summed E-state index contributed by atoms with van der Waals surface area (Å²) in [4.78, 5) is 30.1. The molecule has 0 bridgehead atoms. The first kappa shape index (κ1) is 25.8. The van der Waals surface area contributed by atoms with Crippen LogP contribution in [0.1, 0.15) is 21.5 Å². The van der Waals surface area contributed by atoms with Crippen molar-refractivity contribution in [2.75, 3.05) is 32.8 Å². The molecular formula is C26H28N6O5S. The van der Waals surface area contributed by atoms with Gasteiger partial charge in [-0.3, -0.25) is 14.2 Å². The van der Waals surface area contributed by atoms with Crippen LogP contribution in [0.3, 0.4) is 0 Å². The smallest absolute Gasteiger partial charge is 0.264 e. The van der Waals surface area contributed by atoms with Crippen LogP contribution in [-0.4, -0.2) is 70.8 Å². The second kappa shape index (κ2) is 10.9. The van der Waals surface area contributed by atoms with Gasteiger partial charge in [-0.15, -0.1) is 0 Å². The minimum absolute atomic E-state index is 0.137. The average molecular weight is 537 g/mol. The molecule has 2 aromatic carbocycles. The van der Waals surface area contributed by atoms with E-state index >= 15 is 0 Å². The Morgan fingerprint density at radius 3 is 2.61 bits per heavy atom. The van der Waals surface area contributed by atoms with Crippen molar-refractivity contribution in [3.05, 3.63) is 88.1 Å². The number of carbonyl (C=O) groups is 1. The van der Waals surface area contributed by atoms with Crippen LogP contribution in [0.15, 0.2) is 70.7 Å². The van der Waals surface area contributed by atoms with E-state index in [1.165, 1.54) is 41.1 Å². The highest BCUT2D eigenvalue weighted by Gasteiger charge is 2.26. The van der Waals surface area contributed by atoms with Crippen LogP contribution in [0, 0.1) is 6.92 Å². The highest BCUT2D eigenvalue weighted by molar-refractivity contribution is 7.89. The molecule has 1 aliphatic heterocycles. The molecule has 1 amide bonds. The molecular weight excluding hydrogens is 508 g/mol. The van der Waals surface area contributed by atoms with Gasteiger partial charge in [-0.25, -0.2) is 18.1 Å². The van der Waals surface area contributed by atoms with Gasteiger partial charge < -0.3 is 10.1 Å². The van der Waals surface area contributed by atoms with Crippen molar-refractivity contribution in [1.82, 2.24) is 29.0 Å². The molecule has 1 fully saturated rings. The molecule has 1 aliphatic rings. The topological polar surface area (TPSA) is 128 Å². The molecule has 0 atom stereocenters. The summed E-state index contributed by atoms with van der Waals surface area (Å²) in [7, 11) is -3.62. The van der Waals surface area contributed by atoms with Gasteiger partial charge in [-0.2, -0.15) is 9.40 Å². The molecule has 5 rings (SSSR count). The number of sulfonamides is 1. The van der Waals surface area contributed by atoms with Gasteiger partial charge in [0.05, 0.1) is 37.4 Å². The van der Waals surface area contributed by atoms with Crippen LogP contribution in [0.4, 0.5) is 0 Å². The zero-order valence-corrected chi connectivity index (χ0v) is 21.7. The second-order valence-electron chi connectivity index (χ2n) is 9.07. The van der Waals surface area contributed by atoms with Crippen LogP contribution in [0.5, 0.6) is 0 Å². The molecule has 2 aromatic heterocycles. The van der Waals surface area contributed by atoms with Gasteiger partial charge in [-0.1, -0.05) is 29.8 Å². The summed E-state index contributed by atoms with van der Waals surface area (Å²) >= 11 is 0. The average Bonchev–Trinajstić information content (AvgIpc) is 3.34. The van der Waals surface area contributed by atoms with Crippen molar-refractivity contribution in [1.29, 1.82) is 0 Å². The number of benzene rings is 2. The molecule has 1 N–H and O–H groups in total. The monoisotopic (exact) mass is 536 g/mol. The third-order valence-corrected chi connectivity index (χ3v) is 8.30. The number of ether oxygens (including phenoxy) is 1. The Balaban J connectivity index is 1.21. The van der Waals surface area contributed by atoms with E-state index in [1.807, 2.05) is 31.2 Å². The predicted molar refractivity (Wildman–Crippen MR) is 140 cm³/mol. The second-order valence-corrected chi connectivity index (χ2v) is 11.0. The highest BCUT2D eigenvalue weighted by atomic mass is 32.2. The summed E-state index contributed by atoms with van der Waals surface area (Å²) in [5.41, 5.74) is 2.73. The van der Waals surface area contributed by atoms with Crippen molar-refractivity contribution >= 4 is 27.0 Å². The number of hydrogen-bond donors (Lipinski definition) is 1. The van der Waals surface area contributed by atoms with Crippen molar-refractivity contribution in [3.63, 3.8) is 0 Å². The van der Waals surface area contributed by atoms with Crippen molar-refractivity contribution < 1.29 is 17.9 Å². The van der Waals surface area contributed by atoms with E-state index in [4.69, 9.17) is 4.74 Å². The summed E-state index contributed by atoms with van der Waals surface area (Å²) in [5, 5.41) is 7.49. The lowest BCUT2D eigenvalue weighted by molar-refractivity contribution is 0.0730. The largest absolute Gasteiger partial charge is 0.379 e. The van der Waals surface area contributed by atoms with E-state index in [1.54, 1.807) is 9.25 Å². The number of rotatable bonds is 8. The molecule has 0 spiro atoms. The Hall–Kier alpha value is -3.87. The van der Waals surface area contributed by atoms with E-state index in [2.05, 4.69) is 15.4 Å². The van der Waals surface area contributed by atoms with E-state index in [-0.39, 0.29) is 22.9 Å². The Labute approximate surface area is 219 Å². The first-order valence-electron chi connectivity index (χ1n) is 12.3. The lowest BCUT2D eigenvalue weighted by Gasteiger charge is -2.26. The highest BCUT2D eigenvalue weighted by Crippen LogP contribution is 2.18. The van der Waals surface area contributed by atoms with Crippen LogP contribution >= 0.6 is 0 Å². The number of hydrogen-bond acceptors (Lipinski definition) is 7. The SMILES string of the molecule is Cc1cccc(Cn2cnc3c(cnn3CCNC(=O)c3ccc(S(=O)(=O)N4CCOCC4)cc3)c2=O)c1. The van der Waals surface area contributed by atoms with Gasteiger partial charge in [0.25, 0.3) is 11.5 Å². The van der Waals surface area contributed by atoms with E-state index < -0.39 is 10.0 Å². The molecule has 11 nitrogen and oxygen atoms in total. The van der Waals surface area contributed by atoms with Crippen LogP contribution in [0.25, 0.3) is 11.0 Å². The first-order chi connectivity index (χ1) is 18.3. The first-order valence-corrected chi connectivity index (χ1v) is 13.7. The minimum atomic E-state index is -3.62. The number of carbonyl (C=O) groups excluding carboxylic acids is 1. The van der Waals surface area contributed by atoms with Gasteiger partial charge in [-0.05, 0) is 36.8 Å². The quantitative estimate of drug-likeness (QED) is 0.360. The Bertz CT molecular complexity index is 1620. The zero-order chi connectivity index (χ0) is 26.7. The minimum Gasteiger partial charge on any atom is -0.379 e. The maximum absolute atomic E-state index is 12.9. The number of morpholine rings is 1. The van der Waals surface area contributed by atoms with Crippen molar-refractivity contribution in [2.24, 2.45) is 0 Å². The molecule has 3 heterocycles. The van der Waals surface area contributed by atoms with Gasteiger partial charge >= 0.3 is 0 Å². The molecule has 1 saturated heterocycles. The molecule has 0 saturated carbocycles. The molecule has 0 radical (unpaired) electrons. The lowest BCUT2D eigenvalue weighted by atomic mass is 10.1. The molecule has 12 heteroatoms. The maximum Gasteiger partial charge on any atom is 0.264 e. The van der Waals surface area contributed by atoms with E-state index in [0.29, 0.717) is 56.0 Å². The van der Waals surface area contributed by atoms with Gasteiger partial charge in [0.2, 0.25) is 10.0 Å². The Morgan fingerprint density at radius 2 is 1.87 bits per heavy atom. The summed E-state index contributed by atoms with van der Waals surface area (Å²) < 4.78 is 35.2. The fourth-order valence-electron chi connectivity index (χ4n) is 4.37. The van der Waals surface area contributed by atoms with Gasteiger partial charge in [0.15, 0.2) is 5.65 Å². The molecule has 4 aromatic rings. The zero-order valence-electron chi connectivity index (χ0n) is 20.9. The Morgan fingerprint density at radius 1 is 1.11 bits per heavy atom. The summed E-state index contributed by atoms with van der Waals surface area (Å²) in [5.74, 6) is -0.342. The third-order valence-electron chi connectivity index (χ3n) is 6.39. The molecule has 0 unspecified atom stereocenters. The predicted octanol–water partition coefficient (Wildman–Crippen LogP) is 1.40. The van der Waals surface area contributed by atoms with Crippen LogP contribution in [0.2, 0.25) is 0 Å². The summed E-state index contributed by atoms with van der Waals surface area (Å²) in [6.45, 7) is 4.32. The van der Waals surface area contributed by atoms with E-state index in [0.717, 1.165) is 11.1 Å². The molecule has 38 heavy (non-hydrogen) atoms. The number of amides is 1. The standard InChI is InChI=1S/C26H28N6O5S/c1-19-3-2-4-20(15-19)17-30-18-28-24-23(26(30)34)16-29-32(24)10-9-27-25(33)21-5-7-22(8-6-21)38(35,36)31-11-13-37-14-12-31/h2-8,15-16,18H,9-14,17H2,1H3,(H,27,33). The van der Waals surface area contributed by atoms with E-state index in [9.17, 15) is 18.0 Å². The van der Waals surface area contributed by atoms with Crippen LogP contribution < -0.4 is 10.9 Å². The molecule has 198 valence electrons. The van der Waals surface area contributed by atoms with Gasteiger partial charge in [0, 0.05) is 25.2 Å². The Kier molecular flexibility index (Phi) is 7.36. The maximum atomic E-state index is 12.9. The van der Waals surface area contributed by atoms with Gasteiger partial charge in [0.1, 0.15) is 11.7 Å². The van der Waals surface area contributed by atoms with Crippen molar-refractivity contribution in [2.45, 2.75) is 24.9 Å². The van der Waals surface area contributed by atoms with Crippen molar-refractivity contribution in [3.8, 4) is 0 Å². The van der Waals surface area contributed by atoms with Crippen LogP contribution in [-0.2, 0) is 27.8 Å². The number of nitrogens with zero attached hydrogens (tertiary/aromatic N) is 5. The number of aromatic nitrogens is 4. The fourth-order valence-corrected chi connectivity index (χ4v) is 5.78. The normalized spacial score (nSPS) is 14.6. The molecule has 0 aliphatic carbocycles. The third kappa shape index (κ3) is 5.37. The number of aryl methyl sites for hydroxylation is 1.